The summed E-state index contributed by atoms with van der Waals surface area (Å²) >= 11 is 0. The van der Waals surface area contributed by atoms with Crippen molar-refractivity contribution in [2.75, 3.05) is 5.32 Å². The summed E-state index contributed by atoms with van der Waals surface area (Å²) in [5.41, 5.74) is 11.1. The lowest BCUT2D eigenvalue weighted by molar-refractivity contribution is 0.306. The van der Waals surface area contributed by atoms with E-state index in [4.69, 9.17) is 5.73 Å². The molecule has 3 N–H and O–H groups in total. The van der Waals surface area contributed by atoms with Crippen molar-refractivity contribution < 1.29 is 0 Å². The molecule has 0 saturated carbocycles. The zero-order valence-electron chi connectivity index (χ0n) is 19.2. The van der Waals surface area contributed by atoms with Crippen molar-refractivity contribution in [3.05, 3.63) is 65.2 Å². The van der Waals surface area contributed by atoms with Crippen LogP contribution in [0.3, 0.4) is 0 Å². The summed E-state index contributed by atoms with van der Waals surface area (Å²) in [6.07, 6.45) is 2.39. The number of rotatable bonds is 7. The summed E-state index contributed by atoms with van der Waals surface area (Å²) in [7, 11) is 0. The average molecular weight is 381 g/mol. The second-order valence-corrected chi connectivity index (χ2v) is 10.8. The molecule has 0 amide bonds. The van der Waals surface area contributed by atoms with E-state index in [1.54, 1.807) is 0 Å². The summed E-state index contributed by atoms with van der Waals surface area (Å²) in [5, 5.41) is 3.66. The number of nitrogens with two attached hydrogens (primary N) is 1. The van der Waals surface area contributed by atoms with Crippen LogP contribution in [0.25, 0.3) is 0 Å². The minimum atomic E-state index is -0.312. The Kier molecular flexibility index (Phi) is 6.66. The van der Waals surface area contributed by atoms with Crippen molar-refractivity contribution in [3.63, 3.8) is 0 Å². The third-order valence-corrected chi connectivity index (χ3v) is 5.31. The highest BCUT2D eigenvalue weighted by atomic mass is 15.0. The van der Waals surface area contributed by atoms with E-state index >= 15 is 0 Å². The fourth-order valence-electron chi connectivity index (χ4n) is 3.99. The van der Waals surface area contributed by atoms with Gasteiger partial charge in [0, 0.05) is 11.2 Å². The molecule has 0 heterocycles. The molecule has 0 bridgehead atoms. The van der Waals surface area contributed by atoms with Gasteiger partial charge in [-0.25, -0.2) is 0 Å². The van der Waals surface area contributed by atoms with E-state index < -0.39 is 0 Å². The molecular formula is C26H40N2. The van der Waals surface area contributed by atoms with E-state index in [1.165, 1.54) is 17.5 Å². The van der Waals surface area contributed by atoms with Crippen LogP contribution in [0.4, 0.5) is 5.69 Å². The van der Waals surface area contributed by atoms with Crippen LogP contribution in [0.1, 0.15) is 78.5 Å². The van der Waals surface area contributed by atoms with Crippen LogP contribution in [-0.4, -0.2) is 0 Å². The molecule has 0 radical (unpaired) electrons. The highest BCUT2D eigenvalue weighted by Gasteiger charge is 2.21. The van der Waals surface area contributed by atoms with Crippen molar-refractivity contribution >= 4 is 5.69 Å². The lowest BCUT2D eigenvalue weighted by atomic mass is 9.82. The predicted molar refractivity (Wildman–Crippen MR) is 124 cm³/mol. The number of anilines is 1. The molecule has 1 atom stereocenters. The van der Waals surface area contributed by atoms with Gasteiger partial charge >= 0.3 is 0 Å². The van der Waals surface area contributed by atoms with Gasteiger partial charge in [0.2, 0.25) is 0 Å². The van der Waals surface area contributed by atoms with Crippen molar-refractivity contribution in [3.8, 4) is 0 Å². The fourth-order valence-corrected chi connectivity index (χ4v) is 3.99. The number of hydrogen-bond donors (Lipinski definition) is 2. The van der Waals surface area contributed by atoms with E-state index in [0.29, 0.717) is 11.3 Å². The number of benzene rings is 2. The fraction of sp³-hybridized carbons (Fsp3) is 0.538. The van der Waals surface area contributed by atoms with Crippen LogP contribution < -0.4 is 11.1 Å². The van der Waals surface area contributed by atoms with Gasteiger partial charge < -0.3 is 11.1 Å². The summed E-state index contributed by atoms with van der Waals surface area (Å²) in [4.78, 5) is 0. The standard InChI is InChI=1S/C26H40N2/c1-19(18-24(2,3)4)17-20-9-11-22(12-10-20)26(7,8)28-23-15-13-21(14-16-23)25(5,6)27/h9-16,19,28H,17-18,27H2,1-8H3. The third-order valence-electron chi connectivity index (χ3n) is 5.31. The zero-order chi connectivity index (χ0) is 21.2. The molecule has 0 fully saturated rings. The maximum atomic E-state index is 6.19. The monoisotopic (exact) mass is 380 g/mol. The summed E-state index contributed by atoms with van der Waals surface area (Å²) in [6.45, 7) is 17.8. The van der Waals surface area contributed by atoms with Crippen molar-refractivity contribution in [1.82, 2.24) is 0 Å². The molecule has 2 aromatic carbocycles. The predicted octanol–water partition coefficient (Wildman–Crippen LogP) is 6.84. The van der Waals surface area contributed by atoms with Crippen LogP contribution in [0.15, 0.2) is 48.5 Å². The molecule has 154 valence electrons. The van der Waals surface area contributed by atoms with Gasteiger partial charge in [0.1, 0.15) is 0 Å². The van der Waals surface area contributed by atoms with Gasteiger partial charge in [-0.05, 0) is 80.7 Å². The Hall–Kier alpha value is -1.80. The first-order chi connectivity index (χ1) is 12.8. The molecular weight excluding hydrogens is 340 g/mol. The molecule has 2 rings (SSSR count). The highest BCUT2D eigenvalue weighted by Crippen LogP contribution is 2.29. The van der Waals surface area contributed by atoms with Crippen LogP contribution in [-0.2, 0) is 17.5 Å². The van der Waals surface area contributed by atoms with E-state index in [0.717, 1.165) is 17.7 Å². The molecule has 0 spiro atoms. The minimum absolute atomic E-state index is 0.144. The van der Waals surface area contributed by atoms with Crippen molar-refractivity contribution in [2.45, 2.75) is 79.3 Å². The second kappa shape index (κ2) is 8.29. The molecule has 0 aliphatic heterocycles. The minimum Gasteiger partial charge on any atom is -0.376 e. The van der Waals surface area contributed by atoms with Crippen LogP contribution >= 0.6 is 0 Å². The van der Waals surface area contributed by atoms with Crippen molar-refractivity contribution in [2.24, 2.45) is 17.1 Å². The van der Waals surface area contributed by atoms with E-state index in [2.05, 4.69) is 95.4 Å². The molecule has 1 unspecified atom stereocenters. The Labute approximate surface area is 172 Å². The summed E-state index contributed by atoms with van der Waals surface area (Å²) < 4.78 is 0. The van der Waals surface area contributed by atoms with Crippen LogP contribution in [0, 0.1) is 11.3 Å². The van der Waals surface area contributed by atoms with Gasteiger partial charge in [0.05, 0.1) is 5.54 Å². The van der Waals surface area contributed by atoms with Crippen molar-refractivity contribution in [1.29, 1.82) is 0 Å². The molecule has 0 aromatic heterocycles. The van der Waals surface area contributed by atoms with Gasteiger partial charge in [-0.2, -0.15) is 0 Å². The molecule has 2 aromatic rings. The smallest absolute Gasteiger partial charge is 0.0569 e. The first kappa shape index (κ1) is 22.5. The van der Waals surface area contributed by atoms with Crippen LogP contribution in [0.2, 0.25) is 0 Å². The maximum Gasteiger partial charge on any atom is 0.0569 e. The quantitative estimate of drug-likeness (QED) is 0.551. The van der Waals surface area contributed by atoms with Crippen LogP contribution in [0.5, 0.6) is 0 Å². The summed E-state index contributed by atoms with van der Waals surface area (Å²) in [6, 6.07) is 17.6. The first-order valence-electron chi connectivity index (χ1n) is 10.5. The Bertz CT molecular complexity index is 741. The molecule has 0 aliphatic rings. The lowest BCUT2D eigenvalue weighted by Gasteiger charge is -2.29. The van der Waals surface area contributed by atoms with Gasteiger partial charge in [0.25, 0.3) is 0 Å². The normalized spacial score (nSPS) is 14.0. The Morgan fingerprint density at radius 2 is 1.29 bits per heavy atom. The SMILES string of the molecule is CC(Cc1ccc(C(C)(C)Nc2ccc(C(C)(C)N)cc2)cc1)CC(C)(C)C. The van der Waals surface area contributed by atoms with E-state index in [9.17, 15) is 0 Å². The van der Waals surface area contributed by atoms with Gasteiger partial charge in [-0.3, -0.25) is 0 Å². The Balaban J connectivity index is 2.05. The zero-order valence-corrected chi connectivity index (χ0v) is 19.2. The first-order valence-corrected chi connectivity index (χ1v) is 10.5. The maximum absolute atomic E-state index is 6.19. The number of nitrogens with one attached hydrogen (secondary N) is 1. The molecule has 2 nitrogen and oxygen atoms in total. The second-order valence-electron chi connectivity index (χ2n) is 10.8. The topological polar surface area (TPSA) is 38.0 Å². The molecule has 0 aliphatic carbocycles. The Morgan fingerprint density at radius 1 is 0.786 bits per heavy atom. The largest absolute Gasteiger partial charge is 0.376 e. The number of hydrogen-bond acceptors (Lipinski definition) is 2. The third kappa shape index (κ3) is 6.67. The van der Waals surface area contributed by atoms with E-state index in [-0.39, 0.29) is 11.1 Å². The Morgan fingerprint density at radius 3 is 1.75 bits per heavy atom. The molecule has 0 saturated heterocycles. The average Bonchev–Trinajstić information content (AvgIpc) is 2.52. The van der Waals surface area contributed by atoms with Gasteiger partial charge in [-0.1, -0.05) is 64.1 Å². The lowest BCUT2D eigenvalue weighted by Crippen LogP contribution is -2.29. The van der Waals surface area contributed by atoms with E-state index in [1.807, 2.05) is 13.8 Å². The van der Waals surface area contributed by atoms with Gasteiger partial charge in [-0.15, -0.1) is 0 Å². The molecule has 2 heteroatoms. The summed E-state index contributed by atoms with van der Waals surface area (Å²) in [5.74, 6) is 0.697. The van der Waals surface area contributed by atoms with Gasteiger partial charge in [0.15, 0.2) is 0 Å². The highest BCUT2D eigenvalue weighted by molar-refractivity contribution is 5.49. The molecule has 28 heavy (non-hydrogen) atoms.